The van der Waals surface area contributed by atoms with Crippen LogP contribution < -0.4 is 5.32 Å². The van der Waals surface area contributed by atoms with Crippen molar-refractivity contribution >= 4 is 11.3 Å². The first-order chi connectivity index (χ1) is 8.33. The Balaban J connectivity index is 2.04. The van der Waals surface area contributed by atoms with Gasteiger partial charge in [-0.15, -0.1) is 11.3 Å². The number of hydrogen-bond donors (Lipinski definition) is 1. The zero-order valence-corrected chi connectivity index (χ0v) is 11.2. The third-order valence-electron chi connectivity index (χ3n) is 2.93. The molecule has 2 heterocycles. The quantitative estimate of drug-likeness (QED) is 0.852. The molecule has 2 rings (SSSR count). The lowest BCUT2D eigenvalue weighted by Gasteiger charge is -2.13. The SMILES string of the molecule is CCCC(NC)c1ccn(Cc2cscn2)c1. The number of aromatic nitrogens is 2. The zero-order valence-electron chi connectivity index (χ0n) is 10.4. The van der Waals surface area contributed by atoms with Crippen LogP contribution in [0.4, 0.5) is 0 Å². The van der Waals surface area contributed by atoms with Crippen molar-refractivity contribution in [2.75, 3.05) is 7.05 Å². The molecule has 0 aromatic carbocycles. The van der Waals surface area contributed by atoms with E-state index in [1.807, 2.05) is 12.6 Å². The van der Waals surface area contributed by atoms with Crippen LogP contribution in [0.25, 0.3) is 0 Å². The number of nitrogens with one attached hydrogen (secondary N) is 1. The van der Waals surface area contributed by atoms with E-state index in [0.29, 0.717) is 6.04 Å². The maximum atomic E-state index is 4.30. The van der Waals surface area contributed by atoms with E-state index in [9.17, 15) is 0 Å². The Labute approximate surface area is 107 Å². The van der Waals surface area contributed by atoms with Gasteiger partial charge in [-0.2, -0.15) is 0 Å². The van der Waals surface area contributed by atoms with E-state index in [1.54, 1.807) is 11.3 Å². The summed E-state index contributed by atoms with van der Waals surface area (Å²) in [7, 11) is 2.03. The summed E-state index contributed by atoms with van der Waals surface area (Å²) in [6.07, 6.45) is 6.73. The van der Waals surface area contributed by atoms with Crippen LogP contribution >= 0.6 is 11.3 Å². The van der Waals surface area contributed by atoms with Gasteiger partial charge in [-0.3, -0.25) is 0 Å². The molecule has 0 aliphatic rings. The topological polar surface area (TPSA) is 29.9 Å². The van der Waals surface area contributed by atoms with Crippen molar-refractivity contribution in [2.24, 2.45) is 0 Å². The maximum Gasteiger partial charge on any atom is 0.0795 e. The van der Waals surface area contributed by atoms with Gasteiger partial charge in [-0.25, -0.2) is 4.98 Å². The zero-order chi connectivity index (χ0) is 12.1. The molecule has 1 atom stereocenters. The second kappa shape index (κ2) is 5.98. The molecule has 0 radical (unpaired) electrons. The summed E-state index contributed by atoms with van der Waals surface area (Å²) in [5.74, 6) is 0. The van der Waals surface area contributed by atoms with Crippen molar-refractivity contribution in [2.45, 2.75) is 32.4 Å². The fourth-order valence-corrected chi connectivity index (χ4v) is 2.58. The average Bonchev–Trinajstić information content (AvgIpc) is 2.98. The van der Waals surface area contributed by atoms with Gasteiger partial charge >= 0.3 is 0 Å². The van der Waals surface area contributed by atoms with Gasteiger partial charge in [0, 0.05) is 23.8 Å². The molecule has 17 heavy (non-hydrogen) atoms. The smallest absolute Gasteiger partial charge is 0.0795 e. The van der Waals surface area contributed by atoms with Gasteiger partial charge in [0.05, 0.1) is 17.7 Å². The lowest BCUT2D eigenvalue weighted by Crippen LogP contribution is -2.15. The molecule has 2 aromatic heterocycles. The average molecular weight is 249 g/mol. The van der Waals surface area contributed by atoms with Crippen LogP contribution in [0.15, 0.2) is 29.4 Å². The molecule has 1 N–H and O–H groups in total. The Morgan fingerprint density at radius 1 is 1.53 bits per heavy atom. The van der Waals surface area contributed by atoms with E-state index < -0.39 is 0 Å². The summed E-state index contributed by atoms with van der Waals surface area (Å²) < 4.78 is 2.20. The molecule has 4 heteroatoms. The first-order valence-electron chi connectivity index (χ1n) is 6.03. The van der Waals surface area contributed by atoms with Crippen molar-refractivity contribution in [1.29, 1.82) is 0 Å². The highest BCUT2D eigenvalue weighted by atomic mass is 32.1. The predicted octanol–water partition coefficient (Wildman–Crippen LogP) is 3.05. The second-order valence-electron chi connectivity index (χ2n) is 4.23. The minimum absolute atomic E-state index is 0.469. The van der Waals surface area contributed by atoms with Crippen LogP contribution in [0.2, 0.25) is 0 Å². The van der Waals surface area contributed by atoms with Crippen molar-refractivity contribution in [3.63, 3.8) is 0 Å². The summed E-state index contributed by atoms with van der Waals surface area (Å²) >= 11 is 1.65. The lowest BCUT2D eigenvalue weighted by molar-refractivity contribution is 0.540. The maximum absolute atomic E-state index is 4.30. The van der Waals surface area contributed by atoms with Crippen molar-refractivity contribution in [3.05, 3.63) is 40.6 Å². The minimum atomic E-state index is 0.469. The predicted molar refractivity (Wildman–Crippen MR) is 72.4 cm³/mol. The normalized spacial score (nSPS) is 12.8. The third-order valence-corrected chi connectivity index (χ3v) is 3.56. The van der Waals surface area contributed by atoms with Gasteiger partial charge in [0.15, 0.2) is 0 Å². The number of thiazole rings is 1. The number of hydrogen-bond acceptors (Lipinski definition) is 3. The Morgan fingerprint density at radius 3 is 3.06 bits per heavy atom. The standard InChI is InChI=1S/C13H19N3S/c1-3-4-13(14-2)11-5-6-16(7-11)8-12-9-17-10-15-12/h5-7,9-10,13-14H,3-4,8H2,1-2H3. The van der Waals surface area contributed by atoms with Gasteiger partial charge in [0.25, 0.3) is 0 Å². The summed E-state index contributed by atoms with van der Waals surface area (Å²) in [6, 6.07) is 2.67. The van der Waals surface area contributed by atoms with E-state index in [-0.39, 0.29) is 0 Å². The molecule has 0 spiro atoms. The Kier molecular flexibility index (Phi) is 4.34. The molecule has 0 fully saturated rings. The fraction of sp³-hybridized carbons (Fsp3) is 0.462. The molecule has 3 nitrogen and oxygen atoms in total. The summed E-state index contributed by atoms with van der Waals surface area (Å²) in [5.41, 5.74) is 4.38. The molecule has 0 amide bonds. The second-order valence-corrected chi connectivity index (χ2v) is 4.95. The molecule has 0 saturated heterocycles. The van der Waals surface area contributed by atoms with E-state index in [0.717, 1.165) is 12.2 Å². The fourth-order valence-electron chi connectivity index (χ4n) is 2.03. The number of rotatable bonds is 6. The van der Waals surface area contributed by atoms with Crippen LogP contribution in [0.5, 0.6) is 0 Å². The Hall–Kier alpha value is -1.13. The molecular weight excluding hydrogens is 230 g/mol. The molecule has 92 valence electrons. The van der Waals surface area contributed by atoms with Gasteiger partial charge in [0.2, 0.25) is 0 Å². The van der Waals surface area contributed by atoms with Gasteiger partial charge in [-0.05, 0) is 25.1 Å². The molecule has 1 unspecified atom stereocenters. The highest BCUT2D eigenvalue weighted by Gasteiger charge is 2.09. The first-order valence-corrected chi connectivity index (χ1v) is 6.97. The molecule has 2 aromatic rings. The minimum Gasteiger partial charge on any atom is -0.348 e. The molecule has 0 saturated carbocycles. The number of nitrogens with zero attached hydrogens (tertiary/aromatic N) is 2. The molecule has 0 aliphatic heterocycles. The Morgan fingerprint density at radius 2 is 2.41 bits per heavy atom. The monoisotopic (exact) mass is 249 g/mol. The van der Waals surface area contributed by atoms with Crippen LogP contribution in [0.1, 0.15) is 37.1 Å². The van der Waals surface area contributed by atoms with Gasteiger partial charge in [-0.1, -0.05) is 13.3 Å². The van der Waals surface area contributed by atoms with E-state index in [4.69, 9.17) is 0 Å². The summed E-state index contributed by atoms with van der Waals surface area (Å²) in [6.45, 7) is 3.09. The largest absolute Gasteiger partial charge is 0.348 e. The van der Waals surface area contributed by atoms with Crippen molar-refractivity contribution < 1.29 is 0 Å². The van der Waals surface area contributed by atoms with Crippen molar-refractivity contribution in [1.82, 2.24) is 14.9 Å². The van der Waals surface area contributed by atoms with E-state index in [1.165, 1.54) is 18.4 Å². The first kappa shape index (κ1) is 12.3. The van der Waals surface area contributed by atoms with Gasteiger partial charge in [0.1, 0.15) is 0 Å². The third kappa shape index (κ3) is 3.17. The van der Waals surface area contributed by atoms with Crippen LogP contribution in [-0.2, 0) is 6.54 Å². The molecular formula is C13H19N3S. The lowest BCUT2D eigenvalue weighted by atomic mass is 10.1. The molecule has 0 aliphatic carbocycles. The van der Waals surface area contributed by atoms with Crippen LogP contribution in [0.3, 0.4) is 0 Å². The highest BCUT2D eigenvalue weighted by Crippen LogP contribution is 2.18. The highest BCUT2D eigenvalue weighted by molar-refractivity contribution is 7.07. The van der Waals surface area contributed by atoms with E-state index >= 15 is 0 Å². The van der Waals surface area contributed by atoms with Crippen molar-refractivity contribution in [3.8, 4) is 0 Å². The summed E-state index contributed by atoms with van der Waals surface area (Å²) in [5, 5.41) is 5.46. The van der Waals surface area contributed by atoms with Crippen LogP contribution in [0, 0.1) is 0 Å². The Bertz CT molecular complexity index is 433. The van der Waals surface area contributed by atoms with E-state index in [2.05, 4.69) is 45.6 Å². The molecule has 0 bridgehead atoms. The summed E-state index contributed by atoms with van der Waals surface area (Å²) in [4.78, 5) is 4.30. The van der Waals surface area contributed by atoms with Gasteiger partial charge < -0.3 is 9.88 Å². The van der Waals surface area contributed by atoms with Crippen LogP contribution in [-0.4, -0.2) is 16.6 Å².